The van der Waals surface area contributed by atoms with E-state index in [-0.39, 0.29) is 17.6 Å². The molecule has 2 aliphatic heterocycles. The third kappa shape index (κ3) is 4.08. The van der Waals surface area contributed by atoms with Gasteiger partial charge in [-0.3, -0.25) is 14.9 Å². The van der Waals surface area contributed by atoms with E-state index in [2.05, 4.69) is 10.3 Å². The molecule has 8 nitrogen and oxygen atoms in total. The van der Waals surface area contributed by atoms with Crippen LogP contribution in [0.15, 0.2) is 42.6 Å². The Morgan fingerprint density at radius 2 is 1.90 bits per heavy atom. The number of carbonyl (C=O) groups excluding carboxylic acids is 3. The number of urea groups is 1. The molecule has 4 amide bonds. The minimum atomic E-state index is -1.75. The molecule has 0 aliphatic carbocycles. The van der Waals surface area contributed by atoms with Gasteiger partial charge in [-0.05, 0) is 30.2 Å². The van der Waals surface area contributed by atoms with Crippen LogP contribution in [0.3, 0.4) is 0 Å². The fourth-order valence-corrected chi connectivity index (χ4v) is 3.82. The minimum absolute atomic E-state index is 0.00413. The monoisotopic (exact) mass is 426 g/mol. The van der Waals surface area contributed by atoms with Crippen LogP contribution < -0.4 is 15.4 Å². The number of halogens is 1. The maximum atomic E-state index is 13.7. The molecule has 2 fully saturated rings. The highest BCUT2D eigenvalue weighted by atomic mass is 19.1. The maximum absolute atomic E-state index is 13.7. The summed E-state index contributed by atoms with van der Waals surface area (Å²) >= 11 is 0. The molecule has 162 valence electrons. The number of nitrogens with one attached hydrogen (secondary N) is 2. The first-order chi connectivity index (χ1) is 14.9. The summed E-state index contributed by atoms with van der Waals surface area (Å²) in [7, 11) is 0. The second kappa shape index (κ2) is 8.33. The van der Waals surface area contributed by atoms with Crippen LogP contribution in [-0.2, 0) is 10.3 Å². The Bertz CT molecular complexity index is 988. The SMILES string of the molecule is Cc1ccc(OC2CCN(C(=O)c3ccc([C@@]4(CF)NC(=O)NC4=O)cc3)CC2)nc1. The number of rotatable bonds is 5. The zero-order chi connectivity index (χ0) is 22.0. The quantitative estimate of drug-likeness (QED) is 0.713. The number of pyridine rings is 1. The molecule has 1 aromatic heterocycles. The van der Waals surface area contributed by atoms with E-state index >= 15 is 0 Å². The van der Waals surface area contributed by atoms with Crippen LogP contribution in [0.2, 0.25) is 0 Å². The molecule has 2 aromatic rings. The zero-order valence-corrected chi connectivity index (χ0v) is 17.1. The van der Waals surface area contributed by atoms with Gasteiger partial charge < -0.3 is 15.0 Å². The van der Waals surface area contributed by atoms with Crippen molar-refractivity contribution >= 4 is 17.8 Å². The van der Waals surface area contributed by atoms with Crippen molar-refractivity contribution in [2.75, 3.05) is 19.8 Å². The topological polar surface area (TPSA) is 101 Å². The summed E-state index contributed by atoms with van der Waals surface area (Å²) < 4.78 is 19.6. The molecule has 4 rings (SSSR count). The van der Waals surface area contributed by atoms with E-state index in [0.717, 1.165) is 5.56 Å². The number of ether oxygens (including phenoxy) is 1. The summed E-state index contributed by atoms with van der Waals surface area (Å²) in [6.07, 6.45) is 3.13. The number of amides is 4. The van der Waals surface area contributed by atoms with Gasteiger partial charge in [0.05, 0.1) is 0 Å². The van der Waals surface area contributed by atoms with Crippen molar-refractivity contribution in [3.63, 3.8) is 0 Å². The lowest BCUT2D eigenvalue weighted by Gasteiger charge is -2.32. The van der Waals surface area contributed by atoms with Gasteiger partial charge in [-0.15, -0.1) is 0 Å². The zero-order valence-electron chi connectivity index (χ0n) is 17.1. The second-order valence-electron chi connectivity index (χ2n) is 7.81. The van der Waals surface area contributed by atoms with E-state index in [1.54, 1.807) is 23.2 Å². The molecule has 1 aromatic carbocycles. The largest absolute Gasteiger partial charge is 0.474 e. The smallest absolute Gasteiger partial charge is 0.322 e. The molecule has 0 spiro atoms. The summed E-state index contributed by atoms with van der Waals surface area (Å²) in [5.74, 6) is -0.312. The summed E-state index contributed by atoms with van der Waals surface area (Å²) in [5, 5.41) is 4.38. The Balaban J connectivity index is 1.37. The standard InChI is InChI=1S/C22H23FN4O4/c1-14-2-7-18(24-12-14)31-17-8-10-27(11-9-17)19(28)15-3-5-16(6-4-15)22(13-23)20(29)25-21(30)26-22/h2-7,12,17H,8-11,13H2,1H3,(H2,25,26,29,30)/t22-/m1/s1. The normalized spacial score (nSPS) is 21.5. The van der Waals surface area contributed by atoms with E-state index in [1.807, 2.05) is 24.4 Å². The molecule has 3 heterocycles. The van der Waals surface area contributed by atoms with Crippen LogP contribution in [0.1, 0.15) is 34.3 Å². The summed E-state index contributed by atoms with van der Waals surface area (Å²) in [5.41, 5.74) is 0.0278. The third-order valence-electron chi connectivity index (χ3n) is 5.67. The number of likely N-dealkylation sites (tertiary alicyclic amines) is 1. The Morgan fingerprint density at radius 3 is 2.45 bits per heavy atom. The molecular weight excluding hydrogens is 403 g/mol. The van der Waals surface area contributed by atoms with Crippen LogP contribution in [-0.4, -0.2) is 53.6 Å². The van der Waals surface area contributed by atoms with E-state index in [0.29, 0.717) is 37.4 Å². The highest BCUT2D eigenvalue weighted by molar-refractivity contribution is 6.07. The van der Waals surface area contributed by atoms with Crippen molar-refractivity contribution in [1.29, 1.82) is 0 Å². The lowest BCUT2D eigenvalue weighted by atomic mass is 9.90. The van der Waals surface area contributed by atoms with Gasteiger partial charge in [0.15, 0.2) is 5.54 Å². The van der Waals surface area contributed by atoms with Gasteiger partial charge in [0.2, 0.25) is 5.88 Å². The van der Waals surface area contributed by atoms with Gasteiger partial charge in [0.1, 0.15) is 12.8 Å². The van der Waals surface area contributed by atoms with Crippen LogP contribution >= 0.6 is 0 Å². The molecule has 2 N–H and O–H groups in total. The molecule has 2 aliphatic rings. The number of hydrogen-bond donors (Lipinski definition) is 2. The first-order valence-electron chi connectivity index (χ1n) is 10.1. The van der Waals surface area contributed by atoms with Crippen molar-refractivity contribution in [2.24, 2.45) is 0 Å². The van der Waals surface area contributed by atoms with Crippen molar-refractivity contribution < 1.29 is 23.5 Å². The highest BCUT2D eigenvalue weighted by Crippen LogP contribution is 2.27. The van der Waals surface area contributed by atoms with Crippen LogP contribution in [0.5, 0.6) is 5.88 Å². The van der Waals surface area contributed by atoms with Gasteiger partial charge in [-0.2, -0.15) is 0 Å². The number of benzene rings is 1. The van der Waals surface area contributed by atoms with E-state index in [4.69, 9.17) is 4.74 Å². The molecule has 0 radical (unpaired) electrons. The molecule has 2 saturated heterocycles. The molecule has 1 atom stereocenters. The Kier molecular flexibility index (Phi) is 5.58. The van der Waals surface area contributed by atoms with Crippen LogP contribution in [0.4, 0.5) is 9.18 Å². The summed E-state index contributed by atoms with van der Waals surface area (Å²) in [4.78, 5) is 42.4. The van der Waals surface area contributed by atoms with E-state index < -0.39 is 24.2 Å². The average Bonchev–Trinajstić information content (AvgIpc) is 3.09. The number of piperidine rings is 1. The number of imide groups is 1. The number of aryl methyl sites for hydroxylation is 1. The van der Waals surface area contributed by atoms with Crippen molar-refractivity contribution in [3.8, 4) is 5.88 Å². The maximum Gasteiger partial charge on any atom is 0.322 e. The number of nitrogens with zero attached hydrogens (tertiary/aromatic N) is 2. The Morgan fingerprint density at radius 1 is 1.19 bits per heavy atom. The fraction of sp³-hybridized carbons (Fsp3) is 0.364. The lowest BCUT2D eigenvalue weighted by molar-refractivity contribution is -0.124. The fourth-order valence-electron chi connectivity index (χ4n) is 3.82. The van der Waals surface area contributed by atoms with Gasteiger partial charge in [0.25, 0.3) is 11.8 Å². The number of aromatic nitrogens is 1. The van der Waals surface area contributed by atoms with Gasteiger partial charge in [0, 0.05) is 43.8 Å². The third-order valence-corrected chi connectivity index (χ3v) is 5.67. The number of carbonyl (C=O) groups is 3. The van der Waals surface area contributed by atoms with E-state index in [9.17, 15) is 18.8 Å². The molecule has 0 unspecified atom stereocenters. The molecule has 9 heteroatoms. The van der Waals surface area contributed by atoms with Crippen molar-refractivity contribution in [1.82, 2.24) is 20.5 Å². The lowest BCUT2D eigenvalue weighted by Crippen LogP contribution is -2.46. The minimum Gasteiger partial charge on any atom is -0.474 e. The molecule has 31 heavy (non-hydrogen) atoms. The molecule has 0 bridgehead atoms. The van der Waals surface area contributed by atoms with Gasteiger partial charge in [-0.25, -0.2) is 14.2 Å². The highest BCUT2D eigenvalue weighted by Gasteiger charge is 2.48. The first kappa shape index (κ1) is 20.8. The van der Waals surface area contributed by atoms with Crippen molar-refractivity contribution in [2.45, 2.75) is 31.4 Å². The molecular formula is C22H23FN4O4. The molecule has 0 saturated carbocycles. The average molecular weight is 426 g/mol. The van der Waals surface area contributed by atoms with Crippen molar-refractivity contribution in [3.05, 3.63) is 59.3 Å². The predicted octanol–water partition coefficient (Wildman–Crippen LogP) is 2.08. The first-order valence-corrected chi connectivity index (χ1v) is 10.1. The Hall–Kier alpha value is -3.49. The second-order valence-corrected chi connectivity index (χ2v) is 7.81. The number of alkyl halides is 1. The summed E-state index contributed by atoms with van der Waals surface area (Å²) in [6, 6.07) is 9.13. The van der Waals surface area contributed by atoms with Gasteiger partial charge in [-0.1, -0.05) is 18.2 Å². The van der Waals surface area contributed by atoms with Crippen LogP contribution in [0, 0.1) is 6.92 Å². The predicted molar refractivity (Wildman–Crippen MR) is 109 cm³/mol. The van der Waals surface area contributed by atoms with Gasteiger partial charge >= 0.3 is 6.03 Å². The Labute approximate surface area is 178 Å². The van der Waals surface area contributed by atoms with Crippen LogP contribution in [0.25, 0.3) is 0 Å². The number of hydrogen-bond acceptors (Lipinski definition) is 5. The van der Waals surface area contributed by atoms with E-state index in [1.165, 1.54) is 12.1 Å². The summed E-state index contributed by atoms with van der Waals surface area (Å²) in [6.45, 7) is 1.97.